The van der Waals surface area contributed by atoms with Crippen molar-refractivity contribution in [2.75, 3.05) is 13.2 Å². The van der Waals surface area contributed by atoms with Gasteiger partial charge in [-0.2, -0.15) is 0 Å². The highest BCUT2D eigenvalue weighted by Gasteiger charge is 2.16. The van der Waals surface area contributed by atoms with E-state index in [-0.39, 0.29) is 18.2 Å². The molecular weight excluding hydrogens is 454 g/mol. The van der Waals surface area contributed by atoms with Crippen LogP contribution in [0.5, 0.6) is 17.4 Å². The van der Waals surface area contributed by atoms with Crippen LogP contribution in [0.15, 0.2) is 83.0 Å². The molecule has 8 heteroatoms. The van der Waals surface area contributed by atoms with Crippen LogP contribution in [-0.4, -0.2) is 28.8 Å². The van der Waals surface area contributed by atoms with E-state index in [9.17, 15) is 9.90 Å². The van der Waals surface area contributed by atoms with Crippen LogP contribution in [0.2, 0.25) is 5.02 Å². The number of carbonyl (C=O) groups is 1. The number of aromatic nitrogens is 1. The van der Waals surface area contributed by atoms with Crippen molar-refractivity contribution in [1.82, 2.24) is 4.57 Å². The first-order valence-corrected chi connectivity index (χ1v) is 11.2. The largest absolute Gasteiger partial charge is 0.493 e. The van der Waals surface area contributed by atoms with Crippen molar-refractivity contribution in [2.24, 2.45) is 10.2 Å². The predicted molar refractivity (Wildman–Crippen MR) is 131 cm³/mol. The van der Waals surface area contributed by atoms with Crippen LogP contribution in [0.1, 0.15) is 12.0 Å². The fraction of sp³-hybridized carbons (Fsp3) is 0.192. The number of hydrogen-bond acceptors (Lipinski definition) is 5. The Bertz CT molecular complexity index is 1320. The Labute approximate surface area is 202 Å². The van der Waals surface area contributed by atoms with Gasteiger partial charge in [-0.25, -0.2) is 0 Å². The quantitative estimate of drug-likeness (QED) is 0.221. The zero-order chi connectivity index (χ0) is 23.9. The third kappa shape index (κ3) is 5.55. The molecule has 0 aliphatic carbocycles. The second-order valence-corrected chi connectivity index (χ2v) is 8.08. The Morgan fingerprint density at radius 2 is 1.74 bits per heavy atom. The number of hydrogen-bond donors (Lipinski definition) is 1. The molecule has 0 aliphatic heterocycles. The van der Waals surface area contributed by atoms with Crippen LogP contribution in [0.25, 0.3) is 10.9 Å². The van der Waals surface area contributed by atoms with Gasteiger partial charge in [0.15, 0.2) is 12.3 Å². The Hall–Kier alpha value is -3.84. The predicted octanol–water partition coefficient (Wildman–Crippen LogP) is 6.47. The minimum atomic E-state index is -0.571. The van der Waals surface area contributed by atoms with Gasteiger partial charge < -0.3 is 19.1 Å². The van der Waals surface area contributed by atoms with Crippen LogP contribution in [0.3, 0.4) is 0 Å². The second-order valence-electron chi connectivity index (χ2n) is 7.64. The van der Waals surface area contributed by atoms with Crippen LogP contribution < -0.4 is 9.47 Å². The lowest BCUT2D eigenvalue weighted by Crippen LogP contribution is -2.07. The fourth-order valence-electron chi connectivity index (χ4n) is 3.53. The monoisotopic (exact) mass is 477 g/mol. The summed E-state index contributed by atoms with van der Waals surface area (Å²) in [5.41, 5.74) is 2.12. The second kappa shape index (κ2) is 10.9. The van der Waals surface area contributed by atoms with Gasteiger partial charge in [0.05, 0.1) is 12.1 Å². The lowest BCUT2D eigenvalue weighted by atomic mass is 10.2. The maximum atomic E-state index is 12.2. The smallest absolute Gasteiger partial charge is 0.302 e. The molecule has 1 heterocycles. The van der Waals surface area contributed by atoms with Crippen LogP contribution in [0, 0.1) is 6.92 Å². The lowest BCUT2D eigenvalue weighted by molar-refractivity contribution is -0.120. The van der Waals surface area contributed by atoms with Gasteiger partial charge in [0.2, 0.25) is 5.88 Å². The molecule has 0 saturated carbocycles. The Morgan fingerprint density at radius 1 is 1.00 bits per heavy atom. The van der Waals surface area contributed by atoms with Gasteiger partial charge in [0, 0.05) is 17.0 Å². The standard InChI is InChI=1S/C26H24ClN3O4/c1-18-7-2-5-10-23(18)33-16-6-15-30-22-9-4-3-8-21(22)25(26(30)32)29-28-24(31)17-34-20-13-11-19(27)12-14-20/h2-5,7-14,32H,6,15-17H2,1H3. The molecule has 0 unspecified atom stereocenters. The minimum absolute atomic E-state index is 0.0488. The molecule has 4 rings (SSSR count). The highest BCUT2D eigenvalue weighted by Crippen LogP contribution is 2.39. The van der Waals surface area contributed by atoms with Crippen molar-refractivity contribution in [3.63, 3.8) is 0 Å². The normalized spacial score (nSPS) is 11.2. The van der Waals surface area contributed by atoms with Gasteiger partial charge >= 0.3 is 5.91 Å². The number of para-hydroxylation sites is 2. The number of amides is 1. The number of rotatable bonds is 9. The highest BCUT2D eigenvalue weighted by molar-refractivity contribution is 6.30. The van der Waals surface area contributed by atoms with E-state index in [1.54, 1.807) is 28.8 Å². The molecule has 0 atom stereocenters. The van der Waals surface area contributed by atoms with Crippen molar-refractivity contribution < 1.29 is 19.4 Å². The topological polar surface area (TPSA) is 85.4 Å². The summed E-state index contributed by atoms with van der Waals surface area (Å²) < 4.78 is 13.0. The summed E-state index contributed by atoms with van der Waals surface area (Å²) in [6.07, 6.45) is 0.672. The summed E-state index contributed by atoms with van der Waals surface area (Å²) in [4.78, 5) is 12.2. The number of aryl methyl sites for hydroxylation is 2. The molecular formula is C26H24ClN3O4. The van der Waals surface area contributed by atoms with E-state index in [0.29, 0.717) is 35.7 Å². The van der Waals surface area contributed by atoms with Crippen molar-refractivity contribution in [3.05, 3.63) is 83.4 Å². The van der Waals surface area contributed by atoms with E-state index in [1.165, 1.54) is 0 Å². The summed E-state index contributed by atoms with van der Waals surface area (Å²) >= 11 is 5.84. The lowest BCUT2D eigenvalue weighted by Gasteiger charge is -2.10. The molecule has 1 N–H and O–H groups in total. The van der Waals surface area contributed by atoms with Gasteiger partial charge in [0.1, 0.15) is 11.5 Å². The number of halogens is 1. The van der Waals surface area contributed by atoms with E-state index in [4.69, 9.17) is 21.1 Å². The zero-order valence-electron chi connectivity index (χ0n) is 18.6. The van der Waals surface area contributed by atoms with E-state index in [1.807, 2.05) is 55.5 Å². The Kier molecular flexibility index (Phi) is 7.44. The Morgan fingerprint density at radius 3 is 2.53 bits per heavy atom. The van der Waals surface area contributed by atoms with Crippen molar-refractivity contribution in [3.8, 4) is 17.4 Å². The molecule has 7 nitrogen and oxygen atoms in total. The van der Waals surface area contributed by atoms with Crippen LogP contribution in [-0.2, 0) is 11.3 Å². The van der Waals surface area contributed by atoms with Gasteiger partial charge in [-0.3, -0.25) is 4.79 Å². The van der Waals surface area contributed by atoms with Gasteiger partial charge in [-0.15, -0.1) is 10.2 Å². The molecule has 0 radical (unpaired) electrons. The molecule has 0 spiro atoms. The number of fused-ring (bicyclic) bond motifs is 1. The maximum absolute atomic E-state index is 12.2. The molecule has 34 heavy (non-hydrogen) atoms. The van der Waals surface area contributed by atoms with Crippen molar-refractivity contribution >= 4 is 34.1 Å². The summed E-state index contributed by atoms with van der Waals surface area (Å²) in [6.45, 7) is 2.73. The SMILES string of the molecule is Cc1ccccc1OCCCn1c(O)c(N=NC(=O)COc2ccc(Cl)cc2)c2ccccc21. The number of benzene rings is 3. The van der Waals surface area contributed by atoms with Crippen molar-refractivity contribution in [1.29, 1.82) is 0 Å². The molecule has 0 saturated heterocycles. The van der Waals surface area contributed by atoms with E-state index < -0.39 is 5.91 Å². The molecule has 1 aromatic heterocycles. The molecule has 174 valence electrons. The molecule has 0 aliphatic rings. The first kappa shape index (κ1) is 23.3. The number of ether oxygens (including phenoxy) is 2. The summed E-state index contributed by atoms with van der Waals surface area (Å²) in [5, 5.41) is 19.9. The average Bonchev–Trinajstić information content (AvgIpc) is 3.11. The molecule has 4 aromatic rings. The first-order chi connectivity index (χ1) is 16.5. The van der Waals surface area contributed by atoms with Gasteiger partial charge in [-0.1, -0.05) is 48.0 Å². The third-order valence-electron chi connectivity index (χ3n) is 5.23. The number of aromatic hydroxyl groups is 1. The first-order valence-electron chi connectivity index (χ1n) is 10.8. The van der Waals surface area contributed by atoms with Crippen LogP contribution in [0.4, 0.5) is 5.69 Å². The average molecular weight is 478 g/mol. The highest BCUT2D eigenvalue weighted by atomic mass is 35.5. The summed E-state index contributed by atoms with van der Waals surface area (Å²) in [6, 6.07) is 22.0. The summed E-state index contributed by atoms with van der Waals surface area (Å²) in [7, 11) is 0. The molecule has 0 bridgehead atoms. The van der Waals surface area contributed by atoms with Crippen molar-refractivity contribution in [2.45, 2.75) is 19.9 Å². The van der Waals surface area contributed by atoms with E-state index in [0.717, 1.165) is 16.8 Å². The third-order valence-corrected chi connectivity index (χ3v) is 5.48. The number of nitrogens with zero attached hydrogens (tertiary/aromatic N) is 3. The fourth-order valence-corrected chi connectivity index (χ4v) is 3.66. The minimum Gasteiger partial charge on any atom is -0.493 e. The van der Waals surface area contributed by atoms with Crippen LogP contribution >= 0.6 is 11.6 Å². The molecule has 3 aromatic carbocycles. The van der Waals surface area contributed by atoms with Gasteiger partial charge in [0.25, 0.3) is 0 Å². The number of carbonyl (C=O) groups excluding carboxylic acids is 1. The Balaban J connectivity index is 1.42. The van der Waals surface area contributed by atoms with E-state index in [2.05, 4.69) is 10.2 Å². The molecule has 1 amide bonds. The maximum Gasteiger partial charge on any atom is 0.302 e. The van der Waals surface area contributed by atoms with Gasteiger partial charge in [-0.05, 0) is 55.3 Å². The summed E-state index contributed by atoms with van der Waals surface area (Å²) in [5.74, 6) is 0.725. The zero-order valence-corrected chi connectivity index (χ0v) is 19.4. The molecule has 0 fully saturated rings. The van der Waals surface area contributed by atoms with E-state index >= 15 is 0 Å². The number of azo groups is 1.